The van der Waals surface area contributed by atoms with Crippen molar-refractivity contribution < 1.29 is 9.59 Å². The molecule has 2 aromatic carbocycles. The maximum Gasteiger partial charge on any atom is 0.266 e. The van der Waals surface area contributed by atoms with E-state index in [2.05, 4.69) is 27.7 Å². The molecule has 1 heterocycles. The van der Waals surface area contributed by atoms with E-state index in [-0.39, 0.29) is 17.4 Å². The highest BCUT2D eigenvalue weighted by Crippen LogP contribution is 2.16. The molecule has 0 unspecified atom stereocenters. The molecule has 1 fully saturated rings. The van der Waals surface area contributed by atoms with E-state index in [4.69, 9.17) is 0 Å². The van der Waals surface area contributed by atoms with Crippen LogP contribution in [0.4, 0.5) is 11.4 Å². The second kappa shape index (κ2) is 10.2. The molecule has 1 aliphatic rings. The van der Waals surface area contributed by atoms with Crippen LogP contribution in [0.15, 0.2) is 66.4 Å². The standard InChI is InChI=1S/C23H25N5O2/c1-18(29)26-22-9-5-8-21(14-22)25-16-20(15-24)23(30)28-12-10-27(11-13-28)17-19-6-3-2-4-7-19/h2-9,14,16,25H,10-13,17H2,1H3,(H,26,29)/b20-16-. The third-order valence-corrected chi connectivity index (χ3v) is 4.83. The molecule has 2 N–H and O–H groups in total. The molecule has 2 aromatic rings. The smallest absolute Gasteiger partial charge is 0.266 e. The van der Waals surface area contributed by atoms with E-state index in [0.29, 0.717) is 24.5 Å². The van der Waals surface area contributed by atoms with Gasteiger partial charge in [-0.15, -0.1) is 0 Å². The van der Waals surface area contributed by atoms with Crippen LogP contribution < -0.4 is 10.6 Å². The molecular weight excluding hydrogens is 378 g/mol. The maximum atomic E-state index is 12.7. The number of amides is 2. The molecule has 0 bridgehead atoms. The Hall–Kier alpha value is -3.63. The van der Waals surface area contributed by atoms with E-state index >= 15 is 0 Å². The lowest BCUT2D eigenvalue weighted by Crippen LogP contribution is -2.48. The summed E-state index contributed by atoms with van der Waals surface area (Å²) in [4.78, 5) is 28.0. The first-order valence-electron chi connectivity index (χ1n) is 9.85. The van der Waals surface area contributed by atoms with Gasteiger partial charge in [0.25, 0.3) is 5.91 Å². The molecule has 0 spiro atoms. The molecular formula is C23H25N5O2. The fourth-order valence-corrected chi connectivity index (χ4v) is 3.31. The SMILES string of the molecule is CC(=O)Nc1cccc(N/C=C(/C#N)C(=O)N2CCN(Cc3ccccc3)CC2)c1. The van der Waals surface area contributed by atoms with Crippen molar-refractivity contribution in [2.24, 2.45) is 0 Å². The van der Waals surface area contributed by atoms with Gasteiger partial charge in [-0.05, 0) is 23.8 Å². The van der Waals surface area contributed by atoms with Crippen molar-refractivity contribution in [2.45, 2.75) is 13.5 Å². The quantitative estimate of drug-likeness (QED) is 0.572. The Bertz CT molecular complexity index is 957. The summed E-state index contributed by atoms with van der Waals surface area (Å²) < 4.78 is 0. The Labute approximate surface area is 176 Å². The molecule has 0 atom stereocenters. The number of hydrogen-bond acceptors (Lipinski definition) is 5. The number of carbonyl (C=O) groups is 2. The van der Waals surface area contributed by atoms with Crippen molar-refractivity contribution in [3.63, 3.8) is 0 Å². The van der Waals surface area contributed by atoms with Crippen molar-refractivity contribution in [2.75, 3.05) is 36.8 Å². The zero-order valence-electron chi connectivity index (χ0n) is 17.0. The number of nitriles is 1. The van der Waals surface area contributed by atoms with Crippen molar-refractivity contribution in [1.82, 2.24) is 9.80 Å². The molecule has 1 saturated heterocycles. The fraction of sp³-hybridized carbons (Fsp3) is 0.261. The third-order valence-electron chi connectivity index (χ3n) is 4.83. The lowest BCUT2D eigenvalue weighted by molar-refractivity contribution is -0.128. The highest BCUT2D eigenvalue weighted by atomic mass is 16.2. The Morgan fingerprint density at radius 1 is 1.03 bits per heavy atom. The minimum atomic E-state index is -0.276. The van der Waals surface area contributed by atoms with Crippen molar-refractivity contribution in [3.8, 4) is 6.07 Å². The largest absolute Gasteiger partial charge is 0.360 e. The van der Waals surface area contributed by atoms with Gasteiger partial charge in [0.05, 0.1) is 0 Å². The summed E-state index contributed by atoms with van der Waals surface area (Å²) in [6.07, 6.45) is 1.42. The normalized spacial score (nSPS) is 14.7. The van der Waals surface area contributed by atoms with E-state index in [9.17, 15) is 14.9 Å². The van der Waals surface area contributed by atoms with Crippen molar-refractivity contribution in [3.05, 3.63) is 71.9 Å². The first kappa shape index (κ1) is 21.1. The highest BCUT2D eigenvalue weighted by Gasteiger charge is 2.23. The van der Waals surface area contributed by atoms with Gasteiger partial charge in [0, 0.05) is 57.2 Å². The van der Waals surface area contributed by atoms with Gasteiger partial charge in [-0.1, -0.05) is 36.4 Å². The number of nitrogens with one attached hydrogen (secondary N) is 2. The maximum absolute atomic E-state index is 12.7. The molecule has 7 nitrogen and oxygen atoms in total. The number of rotatable bonds is 6. The summed E-state index contributed by atoms with van der Waals surface area (Å²) in [7, 11) is 0. The van der Waals surface area contributed by atoms with Crippen LogP contribution >= 0.6 is 0 Å². The number of hydrogen-bond donors (Lipinski definition) is 2. The van der Waals surface area contributed by atoms with Gasteiger partial charge in [0.15, 0.2) is 0 Å². The monoisotopic (exact) mass is 403 g/mol. The van der Waals surface area contributed by atoms with Crippen LogP contribution in [0.25, 0.3) is 0 Å². The Kier molecular flexibility index (Phi) is 7.19. The third kappa shape index (κ3) is 5.93. The molecule has 7 heteroatoms. The summed E-state index contributed by atoms with van der Waals surface area (Å²) in [6, 6.07) is 19.3. The molecule has 2 amide bonds. The molecule has 30 heavy (non-hydrogen) atoms. The van der Waals surface area contributed by atoms with Gasteiger partial charge in [-0.2, -0.15) is 5.26 Å². The topological polar surface area (TPSA) is 88.5 Å². The zero-order valence-corrected chi connectivity index (χ0v) is 17.0. The van der Waals surface area contributed by atoms with Gasteiger partial charge >= 0.3 is 0 Å². The van der Waals surface area contributed by atoms with E-state index in [1.165, 1.54) is 18.7 Å². The number of nitrogens with zero attached hydrogens (tertiary/aromatic N) is 3. The molecule has 0 saturated carbocycles. The molecule has 0 radical (unpaired) electrons. The lowest BCUT2D eigenvalue weighted by atomic mass is 10.2. The van der Waals surface area contributed by atoms with Crippen LogP contribution in [0.1, 0.15) is 12.5 Å². The average molecular weight is 403 g/mol. The van der Waals surface area contributed by atoms with Crippen LogP contribution in [-0.4, -0.2) is 47.8 Å². The van der Waals surface area contributed by atoms with Crippen molar-refractivity contribution >= 4 is 23.2 Å². The van der Waals surface area contributed by atoms with Crippen LogP contribution in [0.3, 0.4) is 0 Å². The highest BCUT2D eigenvalue weighted by molar-refractivity contribution is 5.97. The summed E-state index contributed by atoms with van der Waals surface area (Å²) in [5, 5.41) is 15.1. The molecule has 0 aliphatic carbocycles. The minimum absolute atomic E-state index is 0.0523. The number of benzene rings is 2. The Morgan fingerprint density at radius 2 is 1.73 bits per heavy atom. The number of carbonyl (C=O) groups excluding carboxylic acids is 2. The molecule has 3 rings (SSSR count). The van der Waals surface area contributed by atoms with Crippen LogP contribution in [0.5, 0.6) is 0 Å². The summed E-state index contributed by atoms with van der Waals surface area (Å²) >= 11 is 0. The van der Waals surface area contributed by atoms with Crippen molar-refractivity contribution in [1.29, 1.82) is 5.26 Å². The van der Waals surface area contributed by atoms with E-state index in [1.807, 2.05) is 24.3 Å². The summed E-state index contributed by atoms with van der Waals surface area (Å²) in [6.45, 7) is 5.00. The Balaban J connectivity index is 1.56. The van der Waals surface area contributed by atoms with Crippen LogP contribution in [0.2, 0.25) is 0 Å². The predicted molar refractivity (Wildman–Crippen MR) is 116 cm³/mol. The predicted octanol–water partition coefficient (Wildman–Crippen LogP) is 2.81. The Morgan fingerprint density at radius 3 is 2.40 bits per heavy atom. The fourth-order valence-electron chi connectivity index (χ4n) is 3.31. The second-order valence-electron chi connectivity index (χ2n) is 7.13. The summed E-state index contributed by atoms with van der Waals surface area (Å²) in [5.74, 6) is -0.440. The van der Waals surface area contributed by atoms with Gasteiger partial charge in [-0.3, -0.25) is 14.5 Å². The first-order valence-corrected chi connectivity index (χ1v) is 9.85. The van der Waals surface area contributed by atoms with Gasteiger partial charge in [0.2, 0.25) is 5.91 Å². The minimum Gasteiger partial charge on any atom is -0.360 e. The molecule has 0 aromatic heterocycles. The second-order valence-corrected chi connectivity index (χ2v) is 7.13. The van der Waals surface area contributed by atoms with E-state index in [1.54, 1.807) is 29.2 Å². The lowest BCUT2D eigenvalue weighted by Gasteiger charge is -2.34. The van der Waals surface area contributed by atoms with Crippen LogP contribution in [0, 0.1) is 11.3 Å². The van der Waals surface area contributed by atoms with Gasteiger partial charge < -0.3 is 15.5 Å². The van der Waals surface area contributed by atoms with Crippen LogP contribution in [-0.2, 0) is 16.1 Å². The average Bonchev–Trinajstić information content (AvgIpc) is 2.75. The van der Waals surface area contributed by atoms with E-state index < -0.39 is 0 Å². The number of anilines is 2. The van der Waals surface area contributed by atoms with E-state index in [0.717, 1.165) is 19.6 Å². The zero-order chi connectivity index (χ0) is 21.3. The number of piperazine rings is 1. The first-order chi connectivity index (χ1) is 14.5. The molecule has 1 aliphatic heterocycles. The van der Waals surface area contributed by atoms with Gasteiger partial charge in [-0.25, -0.2) is 0 Å². The summed E-state index contributed by atoms with van der Waals surface area (Å²) in [5.41, 5.74) is 2.62. The molecule has 154 valence electrons. The van der Waals surface area contributed by atoms with Gasteiger partial charge in [0.1, 0.15) is 11.6 Å².